The van der Waals surface area contributed by atoms with Crippen molar-refractivity contribution in [2.24, 2.45) is 0 Å². The molecular weight excluding hydrogens is 246 g/mol. The number of aromatic nitrogens is 1. The van der Waals surface area contributed by atoms with E-state index >= 15 is 0 Å². The van der Waals surface area contributed by atoms with Gasteiger partial charge in [-0.1, -0.05) is 0 Å². The number of hydrogen-bond acceptors (Lipinski definition) is 4. The summed E-state index contributed by atoms with van der Waals surface area (Å²) in [5, 5.41) is 0. The van der Waals surface area contributed by atoms with Crippen LogP contribution in [0.25, 0.3) is 0 Å². The minimum absolute atomic E-state index is 0.254. The molecule has 0 saturated heterocycles. The van der Waals surface area contributed by atoms with E-state index in [2.05, 4.69) is 4.98 Å². The van der Waals surface area contributed by atoms with Gasteiger partial charge in [0.1, 0.15) is 5.69 Å². The van der Waals surface area contributed by atoms with E-state index < -0.39 is 0 Å². The van der Waals surface area contributed by atoms with Gasteiger partial charge in [0.25, 0.3) is 0 Å². The van der Waals surface area contributed by atoms with Crippen LogP contribution in [0, 0.1) is 13.8 Å². The van der Waals surface area contributed by atoms with E-state index in [9.17, 15) is 9.59 Å². The Morgan fingerprint density at radius 1 is 1.11 bits per heavy atom. The van der Waals surface area contributed by atoms with Crippen molar-refractivity contribution in [3.8, 4) is 0 Å². The van der Waals surface area contributed by atoms with Crippen LogP contribution < -0.4 is 0 Å². The van der Waals surface area contributed by atoms with Crippen LogP contribution in [0.5, 0.6) is 0 Å². The predicted octanol–water partition coefficient (Wildman–Crippen LogP) is 2.30. The second kappa shape index (κ2) is 6.97. The highest BCUT2D eigenvalue weighted by Gasteiger charge is 2.19. The normalized spacial score (nSPS) is 10.3. The monoisotopic (exact) mass is 267 g/mol. The molecule has 1 aromatic heterocycles. The van der Waals surface area contributed by atoms with Crippen LogP contribution >= 0.6 is 0 Å². The summed E-state index contributed by atoms with van der Waals surface area (Å²) in [4.78, 5) is 26.3. The van der Waals surface area contributed by atoms with Crippen molar-refractivity contribution in [1.29, 1.82) is 0 Å². The topological polar surface area (TPSA) is 68.4 Å². The van der Waals surface area contributed by atoms with E-state index in [4.69, 9.17) is 9.47 Å². The maximum Gasteiger partial charge on any atom is 0.355 e. The first-order chi connectivity index (χ1) is 9.01. The van der Waals surface area contributed by atoms with Crippen LogP contribution in [-0.4, -0.2) is 30.1 Å². The summed E-state index contributed by atoms with van der Waals surface area (Å²) in [6, 6.07) is 0. The van der Waals surface area contributed by atoms with Gasteiger partial charge < -0.3 is 14.5 Å². The van der Waals surface area contributed by atoms with E-state index in [1.54, 1.807) is 13.8 Å². The van der Waals surface area contributed by atoms with E-state index in [0.29, 0.717) is 25.3 Å². The fourth-order valence-electron chi connectivity index (χ4n) is 1.92. The third-order valence-electron chi connectivity index (χ3n) is 2.99. The Kier molecular flexibility index (Phi) is 5.60. The number of carbonyl (C=O) groups is 2. The lowest BCUT2D eigenvalue weighted by molar-refractivity contribution is -0.143. The molecule has 0 fully saturated rings. The fourth-order valence-corrected chi connectivity index (χ4v) is 1.92. The van der Waals surface area contributed by atoms with Crippen molar-refractivity contribution < 1.29 is 19.1 Å². The van der Waals surface area contributed by atoms with Gasteiger partial charge in [-0.3, -0.25) is 4.79 Å². The molecule has 0 atom stereocenters. The maximum atomic E-state index is 11.8. The molecule has 0 amide bonds. The molecule has 0 spiro atoms. The van der Waals surface area contributed by atoms with Gasteiger partial charge in [0.2, 0.25) is 0 Å². The Labute approximate surface area is 113 Å². The number of hydrogen-bond donors (Lipinski definition) is 1. The van der Waals surface area contributed by atoms with Gasteiger partial charge in [-0.15, -0.1) is 0 Å². The SMILES string of the molecule is CCOC(=O)CCc1c(C(=O)OCC)[nH]c(C)c1C. The molecule has 1 aromatic rings. The molecule has 19 heavy (non-hydrogen) atoms. The first-order valence-electron chi connectivity index (χ1n) is 6.52. The number of H-pyrrole nitrogens is 1. The Morgan fingerprint density at radius 3 is 2.32 bits per heavy atom. The fraction of sp³-hybridized carbons (Fsp3) is 0.571. The largest absolute Gasteiger partial charge is 0.466 e. The summed E-state index contributed by atoms with van der Waals surface area (Å²) in [6.45, 7) is 8.05. The number of nitrogens with one attached hydrogen (secondary N) is 1. The van der Waals surface area contributed by atoms with Gasteiger partial charge in [0.05, 0.1) is 13.2 Å². The van der Waals surface area contributed by atoms with Crippen molar-refractivity contribution in [3.63, 3.8) is 0 Å². The summed E-state index contributed by atoms with van der Waals surface area (Å²) >= 11 is 0. The summed E-state index contributed by atoms with van der Waals surface area (Å²) < 4.78 is 9.90. The van der Waals surface area contributed by atoms with Gasteiger partial charge >= 0.3 is 11.9 Å². The molecule has 1 rings (SSSR count). The number of aryl methyl sites for hydroxylation is 1. The number of esters is 2. The Bertz CT molecular complexity index is 462. The zero-order valence-corrected chi connectivity index (χ0v) is 12.0. The summed E-state index contributed by atoms with van der Waals surface area (Å²) in [5.41, 5.74) is 3.19. The van der Waals surface area contributed by atoms with Gasteiger partial charge in [-0.2, -0.15) is 0 Å². The van der Waals surface area contributed by atoms with Crippen molar-refractivity contribution in [3.05, 3.63) is 22.5 Å². The highest BCUT2D eigenvalue weighted by Crippen LogP contribution is 2.20. The van der Waals surface area contributed by atoms with Crippen molar-refractivity contribution in [2.75, 3.05) is 13.2 Å². The molecule has 0 aliphatic heterocycles. The average molecular weight is 267 g/mol. The molecule has 0 aromatic carbocycles. The number of carbonyl (C=O) groups excluding carboxylic acids is 2. The quantitative estimate of drug-likeness (QED) is 0.803. The lowest BCUT2D eigenvalue weighted by Crippen LogP contribution is -2.10. The Balaban J connectivity index is 2.86. The van der Waals surface area contributed by atoms with Gasteiger partial charge in [-0.05, 0) is 45.2 Å². The second-order valence-electron chi connectivity index (χ2n) is 4.25. The van der Waals surface area contributed by atoms with E-state index in [1.807, 2.05) is 13.8 Å². The molecule has 0 aliphatic carbocycles. The molecule has 5 heteroatoms. The van der Waals surface area contributed by atoms with Gasteiger partial charge in [-0.25, -0.2) is 4.79 Å². The summed E-state index contributed by atoms with van der Waals surface area (Å²) in [7, 11) is 0. The van der Waals surface area contributed by atoms with Crippen molar-refractivity contribution >= 4 is 11.9 Å². The van der Waals surface area contributed by atoms with E-state index in [1.165, 1.54) is 0 Å². The summed E-state index contributed by atoms with van der Waals surface area (Å²) in [6.07, 6.45) is 0.738. The standard InChI is InChI=1S/C14H21NO4/c1-5-18-12(16)8-7-11-9(3)10(4)15-13(11)14(17)19-6-2/h15H,5-8H2,1-4H3. The molecule has 1 heterocycles. The van der Waals surface area contributed by atoms with Crippen LogP contribution in [0.1, 0.15) is 47.6 Å². The highest BCUT2D eigenvalue weighted by atomic mass is 16.5. The molecule has 106 valence electrons. The molecule has 0 unspecified atom stereocenters. The molecule has 0 saturated carbocycles. The minimum atomic E-state index is -0.377. The number of aromatic amines is 1. The van der Waals surface area contributed by atoms with Crippen LogP contribution in [0.2, 0.25) is 0 Å². The van der Waals surface area contributed by atoms with Crippen LogP contribution in [0.4, 0.5) is 0 Å². The van der Waals surface area contributed by atoms with E-state index in [-0.39, 0.29) is 18.4 Å². The van der Waals surface area contributed by atoms with Crippen LogP contribution in [0.15, 0.2) is 0 Å². The molecular formula is C14H21NO4. The second-order valence-corrected chi connectivity index (χ2v) is 4.25. The first kappa shape index (κ1) is 15.3. The molecule has 0 aliphatic rings. The molecule has 0 radical (unpaired) electrons. The zero-order valence-electron chi connectivity index (χ0n) is 12.0. The maximum absolute atomic E-state index is 11.8. The minimum Gasteiger partial charge on any atom is -0.466 e. The average Bonchev–Trinajstić information content (AvgIpc) is 2.64. The third kappa shape index (κ3) is 3.84. The molecule has 1 N–H and O–H groups in total. The smallest absolute Gasteiger partial charge is 0.355 e. The highest BCUT2D eigenvalue weighted by molar-refractivity contribution is 5.90. The third-order valence-corrected chi connectivity index (χ3v) is 2.99. The Hall–Kier alpha value is -1.78. The van der Waals surface area contributed by atoms with Crippen LogP contribution in [0.3, 0.4) is 0 Å². The van der Waals surface area contributed by atoms with Crippen molar-refractivity contribution in [1.82, 2.24) is 4.98 Å². The predicted molar refractivity (Wildman–Crippen MR) is 71.2 cm³/mol. The number of ether oxygens (including phenoxy) is 2. The van der Waals surface area contributed by atoms with E-state index in [0.717, 1.165) is 16.8 Å². The van der Waals surface area contributed by atoms with Gasteiger partial charge in [0.15, 0.2) is 0 Å². The Morgan fingerprint density at radius 2 is 1.74 bits per heavy atom. The van der Waals surface area contributed by atoms with Crippen LogP contribution in [-0.2, 0) is 20.7 Å². The lowest BCUT2D eigenvalue weighted by atomic mass is 10.0. The first-order valence-corrected chi connectivity index (χ1v) is 6.52. The molecule has 0 bridgehead atoms. The molecule has 5 nitrogen and oxygen atoms in total. The number of rotatable bonds is 6. The zero-order chi connectivity index (χ0) is 14.4. The summed E-state index contributed by atoms with van der Waals surface area (Å²) in [5.74, 6) is -0.631. The van der Waals surface area contributed by atoms with Gasteiger partial charge in [0, 0.05) is 12.1 Å². The lowest BCUT2D eigenvalue weighted by Gasteiger charge is -2.05. The van der Waals surface area contributed by atoms with Crippen molar-refractivity contribution in [2.45, 2.75) is 40.5 Å².